The predicted octanol–water partition coefficient (Wildman–Crippen LogP) is -1.34. The van der Waals surface area contributed by atoms with Gasteiger partial charge in [0.15, 0.2) is 5.60 Å². The van der Waals surface area contributed by atoms with Crippen molar-refractivity contribution in [1.82, 2.24) is 10.0 Å². The summed E-state index contributed by atoms with van der Waals surface area (Å²) in [6, 6.07) is -1.04. The van der Waals surface area contributed by atoms with Gasteiger partial charge in [-0.1, -0.05) is 6.92 Å². The van der Waals surface area contributed by atoms with Crippen LogP contribution in [0.25, 0.3) is 0 Å². The van der Waals surface area contributed by atoms with E-state index in [0.29, 0.717) is 6.42 Å². The third-order valence-corrected chi connectivity index (χ3v) is 3.95. The van der Waals surface area contributed by atoms with Gasteiger partial charge in [0.1, 0.15) is 0 Å². The van der Waals surface area contributed by atoms with Crippen LogP contribution < -0.4 is 10.0 Å². The second-order valence-corrected chi connectivity index (χ2v) is 6.33. The molecule has 0 aromatic rings. The number of carboxylic acid groups (broad SMARTS) is 1. The molecule has 0 rings (SSSR count). The van der Waals surface area contributed by atoms with Gasteiger partial charge in [0.05, 0.1) is 18.3 Å². The summed E-state index contributed by atoms with van der Waals surface area (Å²) in [7, 11) is -3.54. The van der Waals surface area contributed by atoms with Crippen molar-refractivity contribution >= 4 is 21.9 Å². The Hall–Kier alpha value is -1.19. The molecule has 0 bridgehead atoms. The van der Waals surface area contributed by atoms with E-state index in [1.807, 2.05) is 0 Å². The van der Waals surface area contributed by atoms with Crippen LogP contribution in [0.3, 0.4) is 0 Å². The van der Waals surface area contributed by atoms with Gasteiger partial charge in [-0.25, -0.2) is 17.9 Å². The molecule has 0 aliphatic rings. The van der Waals surface area contributed by atoms with Crippen LogP contribution in [0.4, 0.5) is 0 Å². The maximum Gasteiger partial charge on any atom is 0.337 e. The Morgan fingerprint density at radius 1 is 1.37 bits per heavy atom. The molecule has 19 heavy (non-hydrogen) atoms. The Morgan fingerprint density at radius 2 is 1.89 bits per heavy atom. The summed E-state index contributed by atoms with van der Waals surface area (Å²) in [4.78, 5) is 22.2. The minimum atomic E-state index is -3.54. The van der Waals surface area contributed by atoms with Crippen LogP contribution in [0, 0.1) is 0 Å². The zero-order valence-electron chi connectivity index (χ0n) is 11.1. The van der Waals surface area contributed by atoms with Crippen LogP contribution in [0.2, 0.25) is 0 Å². The van der Waals surface area contributed by atoms with Gasteiger partial charge in [0, 0.05) is 0 Å². The number of rotatable bonds is 8. The van der Waals surface area contributed by atoms with E-state index in [2.05, 4.69) is 10.0 Å². The molecule has 2 atom stereocenters. The average Bonchev–Trinajstić information content (AvgIpc) is 2.24. The van der Waals surface area contributed by atoms with Gasteiger partial charge in [0.2, 0.25) is 15.9 Å². The summed E-state index contributed by atoms with van der Waals surface area (Å²) in [5.74, 6) is -2.29. The predicted molar refractivity (Wildman–Crippen MR) is 67.9 cm³/mol. The lowest BCUT2D eigenvalue weighted by Gasteiger charge is -2.20. The molecule has 8 nitrogen and oxygen atoms in total. The molecule has 0 saturated heterocycles. The maximum atomic E-state index is 11.6. The van der Waals surface area contributed by atoms with Crippen LogP contribution in [-0.4, -0.2) is 54.4 Å². The molecule has 0 radical (unpaired) electrons. The number of sulfonamides is 1. The molecular formula is C10H20N2O6S. The molecule has 0 aromatic heterocycles. The average molecular weight is 296 g/mol. The second-order valence-electron chi connectivity index (χ2n) is 4.46. The number of nitrogens with one attached hydrogen (secondary N) is 2. The maximum absolute atomic E-state index is 11.6. The lowest BCUT2D eigenvalue weighted by molar-refractivity contribution is -0.156. The molecule has 0 saturated carbocycles. The smallest absolute Gasteiger partial charge is 0.337 e. The molecule has 1 amide bonds. The van der Waals surface area contributed by atoms with Crippen molar-refractivity contribution in [1.29, 1.82) is 0 Å². The fourth-order valence-corrected chi connectivity index (χ4v) is 2.44. The Labute approximate surface area is 112 Å². The van der Waals surface area contributed by atoms with Gasteiger partial charge < -0.3 is 15.5 Å². The van der Waals surface area contributed by atoms with E-state index in [0.717, 1.165) is 6.92 Å². The molecule has 9 heteroatoms. The normalized spacial score (nSPS) is 16.4. The molecule has 0 aromatic carbocycles. The Bertz CT molecular complexity index is 431. The van der Waals surface area contributed by atoms with Crippen LogP contribution in [0.5, 0.6) is 0 Å². The molecule has 0 aliphatic heterocycles. The highest BCUT2D eigenvalue weighted by Gasteiger charge is 2.31. The molecule has 0 aliphatic carbocycles. The minimum Gasteiger partial charge on any atom is -0.479 e. The number of carbonyl (C=O) groups excluding carboxylic acids is 1. The Morgan fingerprint density at radius 3 is 2.32 bits per heavy atom. The largest absolute Gasteiger partial charge is 0.479 e. The molecule has 0 fully saturated rings. The lowest BCUT2D eigenvalue weighted by atomic mass is 10.1. The molecular weight excluding hydrogens is 276 g/mol. The standard InChI is InChI=1S/C10H20N2O6S/c1-4-5-19(17,18)12-7(2)8(13)11-6-10(3,16)9(14)15/h7,12,16H,4-6H2,1-3H3,(H,11,13)(H,14,15). The van der Waals surface area contributed by atoms with Crippen molar-refractivity contribution < 1.29 is 28.2 Å². The third-order valence-electron chi connectivity index (χ3n) is 2.29. The summed E-state index contributed by atoms with van der Waals surface area (Å²) in [6.07, 6.45) is 0.414. The number of aliphatic carboxylic acids is 1. The van der Waals surface area contributed by atoms with Crippen molar-refractivity contribution in [2.75, 3.05) is 12.3 Å². The molecule has 2 unspecified atom stereocenters. The van der Waals surface area contributed by atoms with Crippen LogP contribution in [-0.2, 0) is 19.6 Å². The molecule has 0 heterocycles. The van der Waals surface area contributed by atoms with E-state index in [9.17, 15) is 23.1 Å². The van der Waals surface area contributed by atoms with Crippen LogP contribution >= 0.6 is 0 Å². The number of hydrogen-bond acceptors (Lipinski definition) is 5. The summed E-state index contributed by atoms with van der Waals surface area (Å²) in [5.41, 5.74) is -2.10. The minimum absolute atomic E-state index is 0.0997. The summed E-state index contributed by atoms with van der Waals surface area (Å²) < 4.78 is 25.0. The molecule has 0 spiro atoms. The van der Waals surface area contributed by atoms with Crippen LogP contribution in [0.1, 0.15) is 27.2 Å². The van der Waals surface area contributed by atoms with Gasteiger partial charge >= 0.3 is 5.97 Å². The van der Waals surface area contributed by atoms with Crippen molar-refractivity contribution in [3.05, 3.63) is 0 Å². The second kappa shape index (κ2) is 6.83. The number of aliphatic hydroxyl groups is 1. The Kier molecular flexibility index (Phi) is 6.40. The van der Waals surface area contributed by atoms with Crippen molar-refractivity contribution in [3.8, 4) is 0 Å². The molecule has 112 valence electrons. The van der Waals surface area contributed by atoms with E-state index < -0.39 is 40.1 Å². The number of hydrogen-bond donors (Lipinski definition) is 4. The van der Waals surface area contributed by atoms with Crippen LogP contribution in [0.15, 0.2) is 0 Å². The lowest BCUT2D eigenvalue weighted by Crippen LogP contribution is -2.51. The van der Waals surface area contributed by atoms with Crippen molar-refractivity contribution in [2.45, 2.75) is 38.8 Å². The Balaban J connectivity index is 4.41. The first-order valence-electron chi connectivity index (χ1n) is 5.75. The zero-order valence-corrected chi connectivity index (χ0v) is 12.0. The molecule has 4 N–H and O–H groups in total. The summed E-state index contributed by atoms with van der Waals surface area (Å²) in [5, 5.41) is 20.2. The highest BCUT2D eigenvalue weighted by molar-refractivity contribution is 7.89. The quantitative estimate of drug-likeness (QED) is 0.438. The number of carboxylic acids is 1. The van der Waals surface area contributed by atoms with E-state index in [1.165, 1.54) is 6.92 Å². The first-order chi connectivity index (χ1) is 8.52. The van der Waals surface area contributed by atoms with E-state index in [-0.39, 0.29) is 5.75 Å². The fourth-order valence-electron chi connectivity index (χ4n) is 1.14. The topological polar surface area (TPSA) is 133 Å². The van der Waals surface area contributed by atoms with Crippen molar-refractivity contribution in [2.24, 2.45) is 0 Å². The third kappa shape index (κ3) is 6.50. The highest BCUT2D eigenvalue weighted by Crippen LogP contribution is 2.01. The number of amides is 1. The first kappa shape index (κ1) is 17.8. The van der Waals surface area contributed by atoms with Gasteiger partial charge in [0.25, 0.3) is 0 Å². The van der Waals surface area contributed by atoms with E-state index in [1.54, 1.807) is 6.92 Å². The van der Waals surface area contributed by atoms with Gasteiger partial charge in [-0.05, 0) is 20.3 Å². The van der Waals surface area contributed by atoms with Gasteiger partial charge in [-0.3, -0.25) is 4.79 Å². The number of carbonyl (C=O) groups is 2. The highest BCUT2D eigenvalue weighted by atomic mass is 32.2. The van der Waals surface area contributed by atoms with E-state index in [4.69, 9.17) is 5.11 Å². The summed E-state index contributed by atoms with van der Waals surface area (Å²) in [6.45, 7) is 3.54. The monoisotopic (exact) mass is 296 g/mol. The van der Waals surface area contributed by atoms with Gasteiger partial charge in [-0.2, -0.15) is 0 Å². The van der Waals surface area contributed by atoms with E-state index >= 15 is 0 Å². The zero-order chi connectivity index (χ0) is 15.3. The van der Waals surface area contributed by atoms with Gasteiger partial charge in [-0.15, -0.1) is 0 Å². The summed E-state index contributed by atoms with van der Waals surface area (Å²) >= 11 is 0. The van der Waals surface area contributed by atoms with Crippen molar-refractivity contribution in [3.63, 3.8) is 0 Å². The first-order valence-corrected chi connectivity index (χ1v) is 7.40. The fraction of sp³-hybridized carbons (Fsp3) is 0.800. The SMILES string of the molecule is CCCS(=O)(=O)NC(C)C(=O)NCC(C)(O)C(=O)O.